The standard InChI is InChI=1S/C14H14ClN3/c1-2-17-14(11-4-3-9-16-10-11)18-13-7-5-12(15)6-8-13/h3-10H,2H2,1H3,(H,17,18). The summed E-state index contributed by atoms with van der Waals surface area (Å²) in [4.78, 5) is 8.55. The Kier molecular flexibility index (Phi) is 4.31. The van der Waals surface area contributed by atoms with Crippen LogP contribution in [0.1, 0.15) is 12.5 Å². The van der Waals surface area contributed by atoms with Gasteiger partial charge in [0.1, 0.15) is 5.84 Å². The van der Waals surface area contributed by atoms with E-state index < -0.39 is 0 Å². The third-order valence-corrected chi connectivity index (χ3v) is 2.61. The summed E-state index contributed by atoms with van der Waals surface area (Å²) in [5.74, 6) is 0.813. The number of anilines is 1. The number of pyridine rings is 1. The van der Waals surface area contributed by atoms with Gasteiger partial charge in [0.15, 0.2) is 0 Å². The molecule has 0 bridgehead atoms. The Balaban J connectivity index is 2.22. The van der Waals surface area contributed by atoms with Crippen molar-refractivity contribution in [3.05, 3.63) is 59.4 Å². The van der Waals surface area contributed by atoms with Crippen LogP contribution in [0.4, 0.5) is 5.69 Å². The first kappa shape index (κ1) is 12.6. The summed E-state index contributed by atoms with van der Waals surface area (Å²) in [7, 11) is 0. The molecule has 0 amide bonds. The summed E-state index contributed by atoms with van der Waals surface area (Å²) in [5.41, 5.74) is 1.92. The van der Waals surface area contributed by atoms with E-state index in [9.17, 15) is 0 Å². The predicted octanol–water partition coefficient (Wildman–Crippen LogP) is 3.61. The maximum Gasteiger partial charge on any atom is 0.134 e. The van der Waals surface area contributed by atoms with Crippen molar-refractivity contribution in [2.45, 2.75) is 6.92 Å². The lowest BCUT2D eigenvalue weighted by atomic mass is 10.2. The summed E-state index contributed by atoms with van der Waals surface area (Å²) in [5, 5.41) is 3.99. The van der Waals surface area contributed by atoms with E-state index in [1.54, 1.807) is 12.4 Å². The number of nitrogens with one attached hydrogen (secondary N) is 1. The second-order valence-corrected chi connectivity index (χ2v) is 4.13. The fraction of sp³-hybridized carbons (Fsp3) is 0.143. The Morgan fingerprint density at radius 3 is 2.67 bits per heavy atom. The number of amidine groups is 1. The van der Waals surface area contributed by atoms with Gasteiger partial charge in [0, 0.05) is 35.2 Å². The van der Waals surface area contributed by atoms with Gasteiger partial charge in [-0.25, -0.2) is 0 Å². The van der Waals surface area contributed by atoms with Gasteiger partial charge in [-0.05, 0) is 43.3 Å². The Morgan fingerprint density at radius 2 is 2.06 bits per heavy atom. The number of aromatic nitrogens is 1. The number of halogens is 1. The molecule has 0 saturated carbocycles. The van der Waals surface area contributed by atoms with Gasteiger partial charge in [-0.3, -0.25) is 9.98 Å². The van der Waals surface area contributed by atoms with Crippen LogP contribution >= 0.6 is 11.6 Å². The first-order chi connectivity index (χ1) is 8.79. The predicted molar refractivity (Wildman–Crippen MR) is 76.4 cm³/mol. The van der Waals surface area contributed by atoms with Gasteiger partial charge in [-0.2, -0.15) is 0 Å². The minimum absolute atomic E-state index is 0.713. The molecule has 2 aromatic rings. The van der Waals surface area contributed by atoms with E-state index in [1.807, 2.05) is 43.3 Å². The number of rotatable bonds is 3. The Hall–Kier alpha value is -1.87. The molecule has 1 heterocycles. The van der Waals surface area contributed by atoms with Gasteiger partial charge < -0.3 is 5.32 Å². The van der Waals surface area contributed by atoms with Crippen LogP contribution in [0.25, 0.3) is 0 Å². The van der Waals surface area contributed by atoms with Gasteiger partial charge >= 0.3 is 0 Å². The molecule has 1 N–H and O–H groups in total. The van der Waals surface area contributed by atoms with E-state index in [0.29, 0.717) is 6.54 Å². The third-order valence-electron chi connectivity index (χ3n) is 2.36. The zero-order valence-corrected chi connectivity index (χ0v) is 10.9. The summed E-state index contributed by atoms with van der Waals surface area (Å²) < 4.78 is 0. The molecule has 92 valence electrons. The van der Waals surface area contributed by atoms with Crippen LogP contribution < -0.4 is 5.32 Å². The first-order valence-corrected chi connectivity index (χ1v) is 6.15. The SMILES string of the molecule is CCN=C(Nc1ccc(Cl)cc1)c1cccnc1. The van der Waals surface area contributed by atoms with E-state index in [-0.39, 0.29) is 0 Å². The molecule has 0 aliphatic rings. The van der Waals surface area contributed by atoms with Crippen LogP contribution in [0, 0.1) is 0 Å². The van der Waals surface area contributed by atoms with Crippen LogP contribution in [0.15, 0.2) is 53.8 Å². The summed E-state index contributed by atoms with van der Waals surface area (Å²) in [6.07, 6.45) is 3.53. The van der Waals surface area contributed by atoms with E-state index in [2.05, 4.69) is 15.3 Å². The van der Waals surface area contributed by atoms with Gasteiger partial charge in [-0.15, -0.1) is 0 Å². The van der Waals surface area contributed by atoms with Crippen molar-refractivity contribution in [2.75, 3.05) is 11.9 Å². The van der Waals surface area contributed by atoms with E-state index >= 15 is 0 Å². The molecule has 2 rings (SSSR count). The Morgan fingerprint density at radius 1 is 1.28 bits per heavy atom. The van der Waals surface area contributed by atoms with Gasteiger partial charge in [0.05, 0.1) is 0 Å². The molecule has 1 aromatic carbocycles. The molecular formula is C14H14ClN3. The third kappa shape index (κ3) is 3.31. The molecule has 0 aliphatic carbocycles. The Bertz CT molecular complexity index is 520. The molecule has 0 spiro atoms. The van der Waals surface area contributed by atoms with Crippen LogP contribution in [-0.2, 0) is 0 Å². The lowest BCUT2D eigenvalue weighted by molar-refractivity contribution is 1.12. The number of aliphatic imine (C=N–C) groups is 1. The van der Waals surface area contributed by atoms with Crippen molar-refractivity contribution in [2.24, 2.45) is 4.99 Å². The lowest BCUT2D eigenvalue weighted by Crippen LogP contribution is -2.14. The molecule has 0 atom stereocenters. The highest BCUT2D eigenvalue weighted by atomic mass is 35.5. The molecule has 0 aliphatic heterocycles. The molecule has 1 aromatic heterocycles. The first-order valence-electron chi connectivity index (χ1n) is 5.77. The van der Waals surface area contributed by atoms with Crippen LogP contribution in [0.5, 0.6) is 0 Å². The monoisotopic (exact) mass is 259 g/mol. The molecule has 0 saturated heterocycles. The van der Waals surface area contributed by atoms with Crippen LogP contribution in [0.2, 0.25) is 5.02 Å². The fourth-order valence-electron chi connectivity index (χ4n) is 1.53. The average Bonchev–Trinajstić information content (AvgIpc) is 2.42. The van der Waals surface area contributed by atoms with Crippen LogP contribution in [-0.4, -0.2) is 17.4 Å². The smallest absolute Gasteiger partial charge is 0.134 e. The van der Waals surface area contributed by atoms with E-state index in [4.69, 9.17) is 11.6 Å². The quantitative estimate of drug-likeness (QED) is 0.675. The molecule has 18 heavy (non-hydrogen) atoms. The maximum absolute atomic E-state index is 5.86. The summed E-state index contributed by atoms with van der Waals surface area (Å²) in [6, 6.07) is 11.4. The number of nitrogens with zero attached hydrogens (tertiary/aromatic N) is 2. The zero-order chi connectivity index (χ0) is 12.8. The van der Waals surface area contributed by atoms with Gasteiger partial charge in [-0.1, -0.05) is 11.6 Å². The van der Waals surface area contributed by atoms with Crippen molar-refractivity contribution >= 4 is 23.1 Å². The van der Waals surface area contributed by atoms with Gasteiger partial charge in [0.25, 0.3) is 0 Å². The average molecular weight is 260 g/mol. The second kappa shape index (κ2) is 6.17. The van der Waals surface area contributed by atoms with E-state index in [1.165, 1.54) is 0 Å². The van der Waals surface area contributed by atoms with Crippen molar-refractivity contribution in [1.29, 1.82) is 0 Å². The van der Waals surface area contributed by atoms with Crippen molar-refractivity contribution in [3.63, 3.8) is 0 Å². The largest absolute Gasteiger partial charge is 0.340 e. The highest BCUT2D eigenvalue weighted by Gasteiger charge is 2.03. The minimum Gasteiger partial charge on any atom is -0.340 e. The molecule has 4 heteroatoms. The Labute approximate surface area is 112 Å². The molecule has 0 fully saturated rings. The number of hydrogen-bond acceptors (Lipinski definition) is 2. The van der Waals surface area contributed by atoms with Gasteiger partial charge in [0.2, 0.25) is 0 Å². The lowest BCUT2D eigenvalue weighted by Gasteiger charge is -2.09. The number of benzene rings is 1. The van der Waals surface area contributed by atoms with Crippen LogP contribution in [0.3, 0.4) is 0 Å². The fourth-order valence-corrected chi connectivity index (χ4v) is 1.66. The second-order valence-electron chi connectivity index (χ2n) is 3.70. The summed E-state index contributed by atoms with van der Waals surface area (Å²) >= 11 is 5.86. The molecule has 3 nitrogen and oxygen atoms in total. The van der Waals surface area contributed by atoms with Crippen molar-refractivity contribution < 1.29 is 0 Å². The molecular weight excluding hydrogens is 246 g/mol. The highest BCUT2D eigenvalue weighted by molar-refractivity contribution is 6.30. The topological polar surface area (TPSA) is 37.3 Å². The highest BCUT2D eigenvalue weighted by Crippen LogP contribution is 2.14. The van der Waals surface area contributed by atoms with Crippen molar-refractivity contribution in [3.8, 4) is 0 Å². The number of hydrogen-bond donors (Lipinski definition) is 1. The minimum atomic E-state index is 0.713. The maximum atomic E-state index is 5.86. The molecule has 0 unspecified atom stereocenters. The molecule has 0 radical (unpaired) electrons. The van der Waals surface area contributed by atoms with Crippen molar-refractivity contribution in [1.82, 2.24) is 4.98 Å². The zero-order valence-electron chi connectivity index (χ0n) is 10.1. The van der Waals surface area contributed by atoms with E-state index in [0.717, 1.165) is 22.1 Å². The summed E-state index contributed by atoms with van der Waals surface area (Å²) in [6.45, 7) is 2.71. The normalized spacial score (nSPS) is 11.3.